The minimum absolute atomic E-state index is 0.115. The number of esters is 2. The van der Waals surface area contributed by atoms with E-state index < -0.39 is 18.0 Å². The van der Waals surface area contributed by atoms with E-state index in [0.717, 1.165) is 0 Å². The maximum atomic E-state index is 13.8. The fourth-order valence-corrected chi connectivity index (χ4v) is 5.42. The van der Waals surface area contributed by atoms with E-state index in [1.807, 2.05) is 13.8 Å². The van der Waals surface area contributed by atoms with Gasteiger partial charge in [-0.15, -0.1) is 0 Å². The third kappa shape index (κ3) is 6.11. The van der Waals surface area contributed by atoms with Crippen molar-refractivity contribution in [1.29, 1.82) is 0 Å². The summed E-state index contributed by atoms with van der Waals surface area (Å²) in [6.45, 7) is 7.07. The van der Waals surface area contributed by atoms with E-state index in [4.69, 9.17) is 37.4 Å². The van der Waals surface area contributed by atoms with Gasteiger partial charge in [0.2, 0.25) is 0 Å². The summed E-state index contributed by atoms with van der Waals surface area (Å²) in [4.78, 5) is 43.7. The average molecular weight is 589 g/mol. The highest BCUT2D eigenvalue weighted by atomic mass is 35.5. The van der Waals surface area contributed by atoms with Gasteiger partial charge in [-0.2, -0.15) is 0 Å². The third-order valence-corrected chi connectivity index (χ3v) is 7.51. The number of thiazole rings is 1. The van der Waals surface area contributed by atoms with Gasteiger partial charge in [0.1, 0.15) is 0 Å². The molecule has 0 saturated carbocycles. The first kappa shape index (κ1) is 28.6. The molecule has 0 spiro atoms. The predicted molar refractivity (Wildman–Crippen MR) is 150 cm³/mol. The molecule has 0 N–H and O–H groups in total. The normalized spacial score (nSPS) is 15.2. The molecule has 1 aliphatic rings. The first-order valence-electron chi connectivity index (χ1n) is 12.0. The molecule has 4 rings (SSSR count). The molecule has 39 heavy (non-hydrogen) atoms. The zero-order valence-corrected chi connectivity index (χ0v) is 24.2. The van der Waals surface area contributed by atoms with Crippen molar-refractivity contribution in [3.63, 3.8) is 0 Å². The number of allylic oxidation sites excluding steroid dienone is 1. The predicted octanol–water partition coefficient (Wildman–Crippen LogP) is 4.68. The van der Waals surface area contributed by atoms with Crippen LogP contribution in [0.2, 0.25) is 10.0 Å². The quantitative estimate of drug-likeness (QED) is 0.294. The Labute approximate surface area is 238 Å². The van der Waals surface area contributed by atoms with Crippen LogP contribution in [0.25, 0.3) is 6.08 Å². The monoisotopic (exact) mass is 588 g/mol. The number of carbonyl (C=O) groups is 2. The number of rotatable bonds is 7. The lowest BCUT2D eigenvalue weighted by molar-refractivity contribution is -0.140. The second kappa shape index (κ2) is 11.8. The van der Waals surface area contributed by atoms with Crippen molar-refractivity contribution in [3.8, 4) is 11.5 Å². The van der Waals surface area contributed by atoms with Crippen LogP contribution in [0, 0.1) is 5.92 Å². The van der Waals surface area contributed by atoms with Gasteiger partial charge in [-0.1, -0.05) is 60.5 Å². The van der Waals surface area contributed by atoms with E-state index in [9.17, 15) is 14.4 Å². The van der Waals surface area contributed by atoms with Crippen molar-refractivity contribution in [3.05, 3.63) is 88.5 Å². The van der Waals surface area contributed by atoms with Crippen LogP contribution in [0.3, 0.4) is 0 Å². The molecule has 2 aromatic carbocycles. The van der Waals surface area contributed by atoms with Gasteiger partial charge in [0.15, 0.2) is 16.3 Å². The number of ether oxygens (including phenoxy) is 3. The fraction of sp³-hybridized carbons (Fsp3) is 0.286. The zero-order chi connectivity index (χ0) is 28.4. The van der Waals surface area contributed by atoms with Crippen LogP contribution in [0.5, 0.6) is 11.5 Å². The van der Waals surface area contributed by atoms with Gasteiger partial charge in [-0.3, -0.25) is 14.2 Å². The second-order valence-corrected chi connectivity index (χ2v) is 11.1. The van der Waals surface area contributed by atoms with E-state index in [0.29, 0.717) is 36.2 Å². The molecule has 0 aliphatic carbocycles. The molecule has 0 amide bonds. The summed E-state index contributed by atoms with van der Waals surface area (Å²) < 4.78 is 18.1. The Kier molecular flexibility index (Phi) is 8.64. The Morgan fingerprint density at radius 2 is 1.87 bits per heavy atom. The molecular formula is C28H26Cl2N2O6S. The topological polar surface area (TPSA) is 96.2 Å². The molecule has 1 unspecified atom stereocenters. The first-order valence-corrected chi connectivity index (χ1v) is 13.6. The van der Waals surface area contributed by atoms with Crippen molar-refractivity contribution < 1.29 is 23.8 Å². The molecule has 0 saturated heterocycles. The number of carbonyl (C=O) groups excluding carboxylic acids is 2. The van der Waals surface area contributed by atoms with E-state index in [2.05, 4.69) is 4.99 Å². The zero-order valence-electron chi connectivity index (χ0n) is 21.9. The van der Waals surface area contributed by atoms with Crippen LogP contribution in [0.1, 0.15) is 44.9 Å². The van der Waals surface area contributed by atoms with Crippen molar-refractivity contribution in [2.24, 2.45) is 10.9 Å². The number of fused-ring (bicyclic) bond motifs is 1. The number of methoxy groups -OCH3 is 1. The average Bonchev–Trinajstić information content (AvgIpc) is 3.18. The summed E-state index contributed by atoms with van der Waals surface area (Å²) in [5, 5.41) is 0.767. The van der Waals surface area contributed by atoms with Gasteiger partial charge in [0.05, 0.1) is 45.6 Å². The molecule has 204 valence electrons. The summed E-state index contributed by atoms with van der Waals surface area (Å²) >= 11 is 13.4. The maximum Gasteiger partial charge on any atom is 0.338 e. The van der Waals surface area contributed by atoms with Crippen LogP contribution in [0.4, 0.5) is 0 Å². The van der Waals surface area contributed by atoms with Crippen molar-refractivity contribution in [2.75, 3.05) is 13.7 Å². The Hall–Kier alpha value is -3.40. The lowest BCUT2D eigenvalue weighted by Gasteiger charge is -2.25. The molecule has 3 aromatic rings. The Bertz CT molecular complexity index is 1670. The Morgan fingerprint density at radius 3 is 2.51 bits per heavy atom. The standard InChI is InChI=1S/C28H26Cl2N2O6S/c1-14(2)13-37-27(35)24-15(3)31-28-32(25(24)18-7-9-21(38-16(4)33)22(12-18)36-5)26(34)23(39-28)11-17-6-8-19(29)20(30)10-17/h6-12,14,25H,13H2,1-5H3/b23-11+. The number of halogens is 2. The Morgan fingerprint density at radius 1 is 1.13 bits per heavy atom. The lowest BCUT2D eigenvalue weighted by Crippen LogP contribution is -2.40. The highest BCUT2D eigenvalue weighted by molar-refractivity contribution is 7.07. The van der Waals surface area contributed by atoms with E-state index in [1.165, 1.54) is 29.9 Å². The summed E-state index contributed by atoms with van der Waals surface area (Å²) in [6.07, 6.45) is 1.70. The lowest BCUT2D eigenvalue weighted by atomic mass is 9.95. The summed E-state index contributed by atoms with van der Waals surface area (Å²) in [5.41, 5.74) is 1.55. The number of nitrogens with zero attached hydrogens (tertiary/aromatic N) is 2. The largest absolute Gasteiger partial charge is 0.493 e. The number of benzene rings is 2. The van der Waals surface area contributed by atoms with Crippen LogP contribution >= 0.6 is 34.5 Å². The van der Waals surface area contributed by atoms with Crippen LogP contribution < -0.4 is 24.4 Å². The summed E-state index contributed by atoms with van der Waals surface area (Å²) in [6, 6.07) is 9.08. The minimum atomic E-state index is -0.864. The van der Waals surface area contributed by atoms with Crippen molar-refractivity contribution in [1.82, 2.24) is 4.57 Å². The summed E-state index contributed by atoms with van der Waals surface area (Å²) in [7, 11) is 1.44. The van der Waals surface area contributed by atoms with Gasteiger partial charge in [0, 0.05) is 6.92 Å². The van der Waals surface area contributed by atoms with E-state index >= 15 is 0 Å². The molecule has 0 bridgehead atoms. The van der Waals surface area contributed by atoms with Gasteiger partial charge in [-0.25, -0.2) is 9.79 Å². The number of aromatic nitrogens is 1. The van der Waals surface area contributed by atoms with Gasteiger partial charge in [0.25, 0.3) is 5.56 Å². The van der Waals surface area contributed by atoms with Crippen LogP contribution in [-0.2, 0) is 14.3 Å². The third-order valence-electron chi connectivity index (χ3n) is 5.79. The van der Waals surface area contributed by atoms with Gasteiger partial charge >= 0.3 is 11.9 Å². The Balaban J connectivity index is 1.93. The highest BCUT2D eigenvalue weighted by Crippen LogP contribution is 2.36. The smallest absolute Gasteiger partial charge is 0.338 e. The molecule has 1 atom stereocenters. The van der Waals surface area contributed by atoms with Gasteiger partial charge < -0.3 is 14.2 Å². The molecule has 0 radical (unpaired) electrons. The second-order valence-electron chi connectivity index (χ2n) is 9.25. The number of hydrogen-bond donors (Lipinski definition) is 0. The molecule has 2 heterocycles. The first-order chi connectivity index (χ1) is 18.5. The fourth-order valence-electron chi connectivity index (χ4n) is 4.07. The molecule has 0 fully saturated rings. The molecule has 11 heteroatoms. The van der Waals surface area contributed by atoms with E-state index in [-0.39, 0.29) is 35.2 Å². The SMILES string of the molecule is COc1cc(C2C(C(=O)OCC(C)C)=C(C)N=c3s/c(=C/c4ccc(Cl)c(Cl)c4)c(=O)n32)ccc1OC(C)=O. The molecule has 1 aromatic heterocycles. The van der Waals surface area contributed by atoms with E-state index in [1.54, 1.807) is 49.4 Å². The van der Waals surface area contributed by atoms with Crippen LogP contribution in [0.15, 0.2) is 57.5 Å². The summed E-state index contributed by atoms with van der Waals surface area (Å²) in [5.74, 6) is -0.485. The molecule has 1 aliphatic heterocycles. The minimum Gasteiger partial charge on any atom is -0.493 e. The molecule has 8 nitrogen and oxygen atoms in total. The van der Waals surface area contributed by atoms with Gasteiger partial charge in [-0.05, 0) is 54.3 Å². The van der Waals surface area contributed by atoms with Crippen molar-refractivity contribution in [2.45, 2.75) is 33.7 Å². The number of hydrogen-bond acceptors (Lipinski definition) is 8. The van der Waals surface area contributed by atoms with Crippen LogP contribution in [-0.4, -0.2) is 30.2 Å². The highest BCUT2D eigenvalue weighted by Gasteiger charge is 2.34. The molecular weight excluding hydrogens is 563 g/mol. The van der Waals surface area contributed by atoms with Crippen molar-refractivity contribution >= 4 is 52.6 Å². The maximum absolute atomic E-state index is 13.8.